The van der Waals surface area contributed by atoms with Crippen LogP contribution in [0.1, 0.15) is 49.8 Å². The van der Waals surface area contributed by atoms with Gasteiger partial charge in [0.25, 0.3) is 0 Å². The summed E-state index contributed by atoms with van der Waals surface area (Å²) in [7, 11) is 1.83. The van der Waals surface area contributed by atoms with Crippen LogP contribution in [0.25, 0.3) is 0 Å². The zero-order valence-corrected chi connectivity index (χ0v) is 11.1. The van der Waals surface area contributed by atoms with Crippen LogP contribution in [-0.4, -0.2) is 35.9 Å². The Morgan fingerprint density at radius 2 is 2.11 bits per heavy atom. The second-order valence-corrected chi connectivity index (χ2v) is 5.57. The number of imidazole rings is 1. The first-order valence-corrected chi connectivity index (χ1v) is 7.13. The number of hydrogen-bond acceptors (Lipinski definition) is 3. The fourth-order valence-electron chi connectivity index (χ4n) is 3.44. The van der Waals surface area contributed by atoms with Crippen LogP contribution in [0.4, 0.5) is 0 Å². The molecule has 1 saturated heterocycles. The molecule has 0 bridgehead atoms. The second-order valence-electron chi connectivity index (χ2n) is 5.57. The summed E-state index contributed by atoms with van der Waals surface area (Å²) in [6, 6.07) is 0.599. The van der Waals surface area contributed by atoms with Crippen molar-refractivity contribution in [3.63, 3.8) is 0 Å². The van der Waals surface area contributed by atoms with Crippen molar-refractivity contribution >= 4 is 0 Å². The van der Waals surface area contributed by atoms with E-state index in [0.29, 0.717) is 18.1 Å². The fourth-order valence-corrected chi connectivity index (χ4v) is 3.44. The first kappa shape index (κ1) is 12.2. The van der Waals surface area contributed by atoms with Gasteiger partial charge in [0, 0.05) is 31.0 Å². The van der Waals surface area contributed by atoms with Crippen molar-refractivity contribution in [1.82, 2.24) is 14.9 Å². The lowest BCUT2D eigenvalue weighted by molar-refractivity contribution is 0.105. The Hall–Kier alpha value is -0.870. The van der Waals surface area contributed by atoms with E-state index in [0.717, 1.165) is 19.5 Å². The Labute approximate surface area is 109 Å². The van der Waals surface area contributed by atoms with E-state index in [9.17, 15) is 0 Å². The van der Waals surface area contributed by atoms with Crippen LogP contribution in [-0.2, 0) is 4.74 Å². The van der Waals surface area contributed by atoms with Crippen LogP contribution in [0.5, 0.6) is 0 Å². The molecule has 0 aromatic carbocycles. The number of nitrogens with one attached hydrogen (secondary N) is 1. The number of methoxy groups -OCH3 is 1. The van der Waals surface area contributed by atoms with Gasteiger partial charge in [-0.3, -0.25) is 0 Å². The number of ether oxygens (including phenoxy) is 1. The number of hydrogen-bond donors (Lipinski definition) is 1. The summed E-state index contributed by atoms with van der Waals surface area (Å²) in [5.41, 5.74) is 1.44. The molecule has 4 heteroatoms. The van der Waals surface area contributed by atoms with E-state index in [-0.39, 0.29) is 0 Å². The van der Waals surface area contributed by atoms with Gasteiger partial charge in [-0.25, -0.2) is 4.98 Å². The molecular weight excluding hydrogens is 226 g/mol. The van der Waals surface area contributed by atoms with Crippen LogP contribution in [0.3, 0.4) is 0 Å². The Morgan fingerprint density at radius 3 is 2.83 bits per heavy atom. The summed E-state index contributed by atoms with van der Waals surface area (Å²) in [6.45, 7) is 2.28. The quantitative estimate of drug-likeness (QED) is 0.891. The molecule has 3 rings (SSSR count). The number of nitrogens with zero attached hydrogens (tertiary/aromatic N) is 2. The molecule has 0 radical (unpaired) electrons. The minimum atomic E-state index is 0.443. The van der Waals surface area contributed by atoms with Gasteiger partial charge in [0.15, 0.2) is 0 Å². The SMILES string of the molecule is COC1CCC(n2cncc2C2CCNCC2)C1. The maximum atomic E-state index is 5.48. The van der Waals surface area contributed by atoms with Crippen molar-refractivity contribution in [2.45, 2.75) is 50.2 Å². The average molecular weight is 249 g/mol. The summed E-state index contributed by atoms with van der Waals surface area (Å²) in [6.07, 6.45) is 10.6. The van der Waals surface area contributed by atoms with E-state index in [4.69, 9.17) is 4.74 Å². The highest BCUT2D eigenvalue weighted by Gasteiger charge is 2.28. The summed E-state index contributed by atoms with van der Waals surface area (Å²) in [4.78, 5) is 4.39. The third-order valence-corrected chi connectivity index (χ3v) is 4.54. The molecule has 2 heterocycles. The highest BCUT2D eigenvalue weighted by molar-refractivity contribution is 5.10. The molecule has 18 heavy (non-hydrogen) atoms. The highest BCUT2D eigenvalue weighted by Crippen LogP contribution is 2.35. The van der Waals surface area contributed by atoms with Crippen molar-refractivity contribution in [2.24, 2.45) is 0 Å². The molecule has 2 aliphatic rings. The van der Waals surface area contributed by atoms with E-state index in [1.807, 2.05) is 13.4 Å². The van der Waals surface area contributed by atoms with Crippen molar-refractivity contribution in [2.75, 3.05) is 20.2 Å². The van der Waals surface area contributed by atoms with Gasteiger partial charge in [0.2, 0.25) is 0 Å². The van der Waals surface area contributed by atoms with Gasteiger partial charge in [-0.15, -0.1) is 0 Å². The summed E-state index contributed by atoms with van der Waals surface area (Å²) < 4.78 is 7.91. The molecule has 0 spiro atoms. The van der Waals surface area contributed by atoms with Gasteiger partial charge in [0.1, 0.15) is 0 Å². The van der Waals surface area contributed by atoms with Gasteiger partial charge < -0.3 is 14.6 Å². The summed E-state index contributed by atoms with van der Waals surface area (Å²) in [5.74, 6) is 0.690. The van der Waals surface area contributed by atoms with Crippen molar-refractivity contribution in [3.05, 3.63) is 18.2 Å². The average Bonchev–Trinajstić information content (AvgIpc) is 3.08. The lowest BCUT2D eigenvalue weighted by Gasteiger charge is -2.25. The zero-order valence-electron chi connectivity index (χ0n) is 11.1. The molecule has 2 fully saturated rings. The van der Waals surface area contributed by atoms with Gasteiger partial charge in [-0.05, 0) is 45.2 Å². The molecule has 4 nitrogen and oxygen atoms in total. The lowest BCUT2D eigenvalue weighted by atomic mass is 9.94. The summed E-state index contributed by atoms with van der Waals surface area (Å²) in [5, 5.41) is 3.43. The first-order chi connectivity index (χ1) is 8.88. The summed E-state index contributed by atoms with van der Waals surface area (Å²) >= 11 is 0. The molecule has 1 aromatic rings. The van der Waals surface area contributed by atoms with Crippen LogP contribution < -0.4 is 5.32 Å². The molecule has 1 N–H and O–H groups in total. The van der Waals surface area contributed by atoms with Crippen molar-refractivity contribution in [3.8, 4) is 0 Å². The van der Waals surface area contributed by atoms with E-state index in [2.05, 4.69) is 21.1 Å². The molecule has 100 valence electrons. The molecule has 1 saturated carbocycles. The van der Waals surface area contributed by atoms with Gasteiger partial charge in [-0.2, -0.15) is 0 Å². The molecular formula is C14H23N3O. The van der Waals surface area contributed by atoms with E-state index in [1.165, 1.54) is 31.4 Å². The Kier molecular flexibility index (Phi) is 3.66. The standard InChI is InChI=1S/C14H23N3O/c1-18-13-3-2-12(8-13)17-10-16-9-14(17)11-4-6-15-7-5-11/h9-13,15H,2-8H2,1H3. The molecule has 2 unspecified atom stereocenters. The Bertz CT molecular complexity index is 384. The molecule has 2 atom stereocenters. The lowest BCUT2D eigenvalue weighted by Crippen LogP contribution is -2.28. The van der Waals surface area contributed by atoms with E-state index >= 15 is 0 Å². The monoisotopic (exact) mass is 249 g/mol. The number of piperidine rings is 1. The van der Waals surface area contributed by atoms with Crippen molar-refractivity contribution < 1.29 is 4.74 Å². The maximum absolute atomic E-state index is 5.48. The second kappa shape index (κ2) is 5.41. The molecule has 0 amide bonds. The van der Waals surface area contributed by atoms with Gasteiger partial charge >= 0.3 is 0 Å². The Morgan fingerprint density at radius 1 is 1.28 bits per heavy atom. The minimum Gasteiger partial charge on any atom is -0.381 e. The Balaban J connectivity index is 1.74. The fraction of sp³-hybridized carbons (Fsp3) is 0.786. The third kappa shape index (κ3) is 2.31. The smallest absolute Gasteiger partial charge is 0.0950 e. The first-order valence-electron chi connectivity index (χ1n) is 7.13. The number of aromatic nitrogens is 2. The van der Waals surface area contributed by atoms with E-state index in [1.54, 1.807) is 0 Å². The molecule has 1 aliphatic heterocycles. The topological polar surface area (TPSA) is 39.1 Å². The maximum Gasteiger partial charge on any atom is 0.0950 e. The largest absolute Gasteiger partial charge is 0.381 e. The zero-order chi connectivity index (χ0) is 12.4. The predicted molar refractivity (Wildman–Crippen MR) is 70.8 cm³/mol. The molecule has 1 aromatic heterocycles. The normalized spacial score (nSPS) is 29.8. The van der Waals surface area contributed by atoms with E-state index < -0.39 is 0 Å². The number of rotatable bonds is 3. The van der Waals surface area contributed by atoms with Crippen LogP contribution in [0, 0.1) is 0 Å². The highest BCUT2D eigenvalue weighted by atomic mass is 16.5. The molecule has 1 aliphatic carbocycles. The van der Waals surface area contributed by atoms with Crippen molar-refractivity contribution in [1.29, 1.82) is 0 Å². The minimum absolute atomic E-state index is 0.443. The van der Waals surface area contributed by atoms with Crippen LogP contribution in [0.15, 0.2) is 12.5 Å². The van der Waals surface area contributed by atoms with Gasteiger partial charge in [0.05, 0.1) is 12.4 Å². The van der Waals surface area contributed by atoms with Crippen LogP contribution in [0.2, 0.25) is 0 Å². The third-order valence-electron chi connectivity index (χ3n) is 4.54. The predicted octanol–water partition coefficient (Wildman–Crippen LogP) is 2.09. The van der Waals surface area contributed by atoms with Crippen LogP contribution >= 0.6 is 0 Å². The van der Waals surface area contributed by atoms with Gasteiger partial charge in [-0.1, -0.05) is 0 Å².